The molecule has 1 aromatic rings. The zero-order chi connectivity index (χ0) is 12.4. The van der Waals surface area contributed by atoms with E-state index < -0.39 is 0 Å². The molecule has 1 aliphatic heterocycles. The first-order valence-electron chi connectivity index (χ1n) is 5.73. The summed E-state index contributed by atoms with van der Waals surface area (Å²) in [6.07, 6.45) is 1.14. The highest BCUT2D eigenvalue weighted by Crippen LogP contribution is 2.22. The molecule has 1 aromatic heterocycles. The predicted molar refractivity (Wildman–Crippen MR) is 72.2 cm³/mol. The highest BCUT2D eigenvalue weighted by molar-refractivity contribution is 7.18. The van der Waals surface area contributed by atoms with Gasteiger partial charge in [0.15, 0.2) is 5.78 Å². The quantitative estimate of drug-likeness (QED) is 0.786. The highest BCUT2D eigenvalue weighted by atomic mass is 35.5. The van der Waals surface area contributed by atoms with E-state index in [-0.39, 0.29) is 5.78 Å². The smallest absolute Gasteiger partial charge is 0.186 e. The number of carbonyl (C=O) groups excluding carboxylic acids is 1. The third-order valence-electron chi connectivity index (χ3n) is 3.19. The van der Waals surface area contributed by atoms with Crippen LogP contribution in [0.5, 0.6) is 0 Å². The van der Waals surface area contributed by atoms with Gasteiger partial charge in [0.25, 0.3) is 0 Å². The number of hydrogen-bond acceptors (Lipinski definition) is 4. The maximum absolute atomic E-state index is 12.0. The number of likely N-dealkylation sites (N-methyl/N-ethyl adjacent to an activating group) is 1. The van der Waals surface area contributed by atoms with Crippen LogP contribution in [-0.4, -0.2) is 55.4 Å². The van der Waals surface area contributed by atoms with Crippen molar-refractivity contribution in [3.05, 3.63) is 21.3 Å². The SMILES string of the molecule is CN(C)C1CCN(CC(=O)c2ccc(Cl)s2)C1. The number of Topliss-reactive ketones (excluding diaryl/α,β-unsaturated/α-hetero) is 1. The molecule has 0 spiro atoms. The van der Waals surface area contributed by atoms with Gasteiger partial charge in [-0.05, 0) is 32.6 Å². The third kappa shape index (κ3) is 3.28. The van der Waals surface area contributed by atoms with Crippen molar-refractivity contribution in [1.29, 1.82) is 0 Å². The molecule has 0 saturated carbocycles. The number of ketones is 1. The molecule has 1 saturated heterocycles. The van der Waals surface area contributed by atoms with E-state index in [0.717, 1.165) is 24.4 Å². The van der Waals surface area contributed by atoms with E-state index in [1.165, 1.54) is 11.3 Å². The van der Waals surface area contributed by atoms with Gasteiger partial charge in [0.2, 0.25) is 0 Å². The Labute approximate surface area is 111 Å². The Morgan fingerprint density at radius 2 is 2.35 bits per heavy atom. The van der Waals surface area contributed by atoms with Crippen LogP contribution < -0.4 is 0 Å². The van der Waals surface area contributed by atoms with E-state index in [0.29, 0.717) is 16.9 Å². The van der Waals surface area contributed by atoms with Gasteiger partial charge in [-0.2, -0.15) is 0 Å². The van der Waals surface area contributed by atoms with E-state index in [1.54, 1.807) is 6.07 Å². The van der Waals surface area contributed by atoms with Crippen molar-refractivity contribution >= 4 is 28.7 Å². The van der Waals surface area contributed by atoms with Crippen molar-refractivity contribution in [2.75, 3.05) is 33.7 Å². The standard InChI is InChI=1S/C12H17ClN2OS/c1-14(2)9-5-6-15(7-9)8-10(16)11-3-4-12(13)17-11/h3-4,9H,5-8H2,1-2H3. The molecule has 17 heavy (non-hydrogen) atoms. The monoisotopic (exact) mass is 272 g/mol. The number of carbonyl (C=O) groups is 1. The van der Waals surface area contributed by atoms with Gasteiger partial charge in [0.1, 0.15) is 0 Å². The third-order valence-corrected chi connectivity index (χ3v) is 4.47. The Hall–Kier alpha value is -0.420. The summed E-state index contributed by atoms with van der Waals surface area (Å²) in [5.41, 5.74) is 0. The van der Waals surface area contributed by atoms with Crippen LogP contribution in [0.2, 0.25) is 4.34 Å². The number of rotatable bonds is 4. The molecular weight excluding hydrogens is 256 g/mol. The van der Waals surface area contributed by atoms with Gasteiger partial charge < -0.3 is 4.90 Å². The second-order valence-electron chi connectivity index (χ2n) is 4.67. The number of hydrogen-bond donors (Lipinski definition) is 0. The Bertz CT molecular complexity index is 405. The summed E-state index contributed by atoms with van der Waals surface area (Å²) in [4.78, 5) is 17.2. The Morgan fingerprint density at radius 3 is 2.88 bits per heavy atom. The number of nitrogens with zero attached hydrogens (tertiary/aromatic N) is 2. The van der Waals surface area contributed by atoms with Crippen LogP contribution in [0.15, 0.2) is 12.1 Å². The number of thiophene rings is 1. The van der Waals surface area contributed by atoms with Gasteiger partial charge in [-0.25, -0.2) is 0 Å². The first-order valence-corrected chi connectivity index (χ1v) is 6.93. The summed E-state index contributed by atoms with van der Waals surface area (Å²) < 4.78 is 0.681. The van der Waals surface area contributed by atoms with Gasteiger partial charge >= 0.3 is 0 Å². The van der Waals surface area contributed by atoms with Crippen molar-refractivity contribution in [2.24, 2.45) is 0 Å². The fraction of sp³-hybridized carbons (Fsp3) is 0.583. The molecule has 0 radical (unpaired) electrons. The van der Waals surface area contributed by atoms with Gasteiger partial charge in [0.05, 0.1) is 15.8 Å². The van der Waals surface area contributed by atoms with Gasteiger partial charge in [0, 0.05) is 19.1 Å². The molecule has 2 heterocycles. The van der Waals surface area contributed by atoms with E-state index in [2.05, 4.69) is 23.9 Å². The summed E-state index contributed by atoms with van der Waals surface area (Å²) >= 11 is 7.20. The van der Waals surface area contributed by atoms with Crippen molar-refractivity contribution < 1.29 is 4.79 Å². The molecule has 5 heteroatoms. The van der Waals surface area contributed by atoms with E-state index >= 15 is 0 Å². The van der Waals surface area contributed by atoms with Crippen LogP contribution in [0, 0.1) is 0 Å². The first-order chi connectivity index (χ1) is 8.06. The molecule has 2 rings (SSSR count). The summed E-state index contributed by atoms with van der Waals surface area (Å²) in [6, 6.07) is 4.18. The van der Waals surface area contributed by atoms with Crippen LogP contribution in [0.1, 0.15) is 16.1 Å². The van der Waals surface area contributed by atoms with E-state index in [9.17, 15) is 4.79 Å². The second-order valence-corrected chi connectivity index (χ2v) is 6.38. The van der Waals surface area contributed by atoms with Crippen molar-refractivity contribution in [3.8, 4) is 0 Å². The Balaban J connectivity index is 1.88. The van der Waals surface area contributed by atoms with Crippen LogP contribution >= 0.6 is 22.9 Å². The lowest BCUT2D eigenvalue weighted by Crippen LogP contribution is -2.33. The highest BCUT2D eigenvalue weighted by Gasteiger charge is 2.25. The van der Waals surface area contributed by atoms with Gasteiger partial charge in [-0.3, -0.25) is 9.69 Å². The molecule has 3 nitrogen and oxygen atoms in total. The molecule has 1 aliphatic rings. The molecule has 1 unspecified atom stereocenters. The Morgan fingerprint density at radius 1 is 1.59 bits per heavy atom. The molecule has 0 amide bonds. The lowest BCUT2D eigenvalue weighted by atomic mass is 10.2. The van der Waals surface area contributed by atoms with E-state index in [4.69, 9.17) is 11.6 Å². The maximum Gasteiger partial charge on any atom is 0.186 e. The minimum atomic E-state index is 0.182. The van der Waals surface area contributed by atoms with Crippen LogP contribution in [0.25, 0.3) is 0 Å². The normalized spacial score (nSPS) is 21.3. The second kappa shape index (κ2) is 5.48. The summed E-state index contributed by atoms with van der Waals surface area (Å²) in [6.45, 7) is 2.51. The molecule has 0 N–H and O–H groups in total. The molecule has 0 aliphatic carbocycles. The van der Waals surface area contributed by atoms with Crippen LogP contribution in [-0.2, 0) is 0 Å². The van der Waals surface area contributed by atoms with Gasteiger partial charge in [-0.15, -0.1) is 11.3 Å². The number of likely N-dealkylation sites (tertiary alicyclic amines) is 1. The lowest BCUT2D eigenvalue weighted by Gasteiger charge is -2.19. The molecule has 0 aromatic carbocycles. The van der Waals surface area contributed by atoms with Crippen LogP contribution in [0.4, 0.5) is 0 Å². The average molecular weight is 273 g/mol. The zero-order valence-corrected chi connectivity index (χ0v) is 11.7. The fourth-order valence-corrected chi connectivity index (χ4v) is 3.10. The largest absolute Gasteiger partial charge is 0.305 e. The first kappa shape index (κ1) is 13.0. The molecule has 0 bridgehead atoms. The van der Waals surface area contributed by atoms with Crippen molar-refractivity contribution in [1.82, 2.24) is 9.80 Å². The van der Waals surface area contributed by atoms with Gasteiger partial charge in [-0.1, -0.05) is 11.6 Å². The van der Waals surface area contributed by atoms with E-state index in [1.807, 2.05) is 6.07 Å². The molecule has 1 fully saturated rings. The minimum Gasteiger partial charge on any atom is -0.305 e. The van der Waals surface area contributed by atoms with Crippen molar-refractivity contribution in [2.45, 2.75) is 12.5 Å². The van der Waals surface area contributed by atoms with Crippen molar-refractivity contribution in [3.63, 3.8) is 0 Å². The van der Waals surface area contributed by atoms with Crippen LogP contribution in [0.3, 0.4) is 0 Å². The Kier molecular flexibility index (Phi) is 4.20. The molecular formula is C12H17ClN2OS. The predicted octanol–water partition coefficient (Wildman–Crippen LogP) is 2.22. The molecule has 1 atom stereocenters. The fourth-order valence-electron chi connectivity index (χ4n) is 2.12. The summed E-state index contributed by atoms with van der Waals surface area (Å²) in [5.74, 6) is 0.182. The minimum absolute atomic E-state index is 0.182. The average Bonchev–Trinajstić information content (AvgIpc) is 2.86. The number of halogens is 1. The summed E-state index contributed by atoms with van der Waals surface area (Å²) in [5, 5.41) is 0. The maximum atomic E-state index is 12.0. The zero-order valence-electron chi connectivity index (χ0n) is 10.1. The lowest BCUT2D eigenvalue weighted by molar-refractivity contribution is 0.0945. The molecule has 94 valence electrons. The summed E-state index contributed by atoms with van der Waals surface area (Å²) in [7, 11) is 4.18. The topological polar surface area (TPSA) is 23.6 Å².